The van der Waals surface area contributed by atoms with E-state index < -0.39 is 57.3 Å². The molecule has 0 saturated carbocycles. The van der Waals surface area contributed by atoms with Crippen LogP contribution in [0.3, 0.4) is 0 Å². The number of hydrogen-bond acceptors (Lipinski definition) is 9. The normalized spacial score (nSPS) is 14.4. The molecule has 1 atom stereocenters. The van der Waals surface area contributed by atoms with E-state index in [1.54, 1.807) is 53.4 Å². The number of fused-ring (bicyclic) bond motifs is 1. The minimum Gasteiger partial charge on any atom is -0.497 e. The average Bonchev–Trinajstić information content (AvgIpc) is 3.61. The van der Waals surface area contributed by atoms with Crippen molar-refractivity contribution in [3.8, 4) is 28.6 Å². The monoisotopic (exact) mass is 741 g/mol. The molecule has 5 aromatic rings. The fourth-order valence-corrected chi connectivity index (χ4v) is 6.47. The quantitative estimate of drug-likeness (QED) is 0.0819. The van der Waals surface area contributed by atoms with Crippen LogP contribution in [0.2, 0.25) is 5.02 Å². The molecule has 52 heavy (non-hydrogen) atoms. The molecule has 6 rings (SSSR count). The maximum Gasteiger partial charge on any atom is 0.418 e. The van der Waals surface area contributed by atoms with Gasteiger partial charge in [-0.05, 0) is 85.4 Å². The summed E-state index contributed by atoms with van der Waals surface area (Å²) < 4.78 is 91.5. The van der Waals surface area contributed by atoms with Crippen molar-refractivity contribution in [1.29, 1.82) is 0 Å². The van der Waals surface area contributed by atoms with Gasteiger partial charge in [0.2, 0.25) is 5.88 Å². The fraction of sp³-hybridized carbons (Fsp3) is 0.297. The number of alkyl halides is 3. The third kappa shape index (κ3) is 8.02. The molecule has 3 aromatic carbocycles. The number of methoxy groups -OCH3 is 2. The minimum absolute atomic E-state index is 0.0110. The summed E-state index contributed by atoms with van der Waals surface area (Å²) in [5.41, 5.74) is -2.25. The Hall–Kier alpha value is -5.08. The number of nitrogens with one attached hydrogen (secondary N) is 1. The van der Waals surface area contributed by atoms with Gasteiger partial charge in [0.1, 0.15) is 22.8 Å². The first-order valence-corrected chi connectivity index (χ1v) is 16.6. The summed E-state index contributed by atoms with van der Waals surface area (Å²) in [4.78, 5) is 25.9. The zero-order chi connectivity index (χ0) is 37.2. The number of aromatic nitrogens is 3. The lowest BCUT2D eigenvalue weighted by Gasteiger charge is -2.27. The highest BCUT2D eigenvalue weighted by molar-refractivity contribution is 6.34. The van der Waals surface area contributed by atoms with Crippen molar-refractivity contribution in [2.45, 2.75) is 39.0 Å². The number of carbonyl (C=O) groups is 1. The van der Waals surface area contributed by atoms with Gasteiger partial charge < -0.3 is 24.4 Å². The van der Waals surface area contributed by atoms with Crippen molar-refractivity contribution in [2.75, 3.05) is 32.2 Å². The van der Waals surface area contributed by atoms with Gasteiger partial charge in [0.15, 0.2) is 5.82 Å². The standard InChI is InChI=1S/C37H33ClF5N5O4/c1-20-14-28(48(18-21-4-8-24(50-2)9-5-21)19-22-6-10-25(51-3)11-7-22)45-34(31(20)37(41,42)43)30-27(38)16-26-33(32(30)39)46-36(40)47-35(26)52-29(49)15-23-12-13-44-17-23/h4-11,14,16,23,44H,12-13,15,17-19H2,1-3H3/t23-/m0/s1. The Balaban J connectivity index is 1.48. The van der Waals surface area contributed by atoms with Gasteiger partial charge in [-0.3, -0.25) is 4.79 Å². The van der Waals surface area contributed by atoms with E-state index in [0.29, 0.717) is 18.0 Å². The minimum atomic E-state index is -5.00. The Labute approximate surface area is 300 Å². The molecule has 1 aliphatic heterocycles. The Morgan fingerprint density at radius 3 is 2.10 bits per heavy atom. The summed E-state index contributed by atoms with van der Waals surface area (Å²) in [5.74, 6) is -1.46. The predicted molar refractivity (Wildman–Crippen MR) is 185 cm³/mol. The lowest BCUT2D eigenvalue weighted by molar-refractivity contribution is -0.138. The van der Waals surface area contributed by atoms with Crippen LogP contribution >= 0.6 is 11.6 Å². The van der Waals surface area contributed by atoms with Gasteiger partial charge in [-0.15, -0.1) is 0 Å². The molecule has 15 heteroatoms. The molecule has 1 saturated heterocycles. The molecule has 1 fully saturated rings. The molecule has 0 radical (unpaired) electrons. The van der Waals surface area contributed by atoms with Gasteiger partial charge in [-0.2, -0.15) is 27.5 Å². The molecule has 0 unspecified atom stereocenters. The second kappa shape index (κ2) is 15.3. The number of carbonyl (C=O) groups excluding carboxylic acids is 1. The zero-order valence-corrected chi connectivity index (χ0v) is 29.0. The van der Waals surface area contributed by atoms with Crippen molar-refractivity contribution in [2.24, 2.45) is 5.92 Å². The van der Waals surface area contributed by atoms with Crippen molar-refractivity contribution >= 4 is 34.3 Å². The second-order valence-corrected chi connectivity index (χ2v) is 12.8. The zero-order valence-electron chi connectivity index (χ0n) is 28.3. The summed E-state index contributed by atoms with van der Waals surface area (Å²) in [6.07, 6.45) is -5.74. The van der Waals surface area contributed by atoms with E-state index >= 15 is 4.39 Å². The van der Waals surface area contributed by atoms with E-state index in [-0.39, 0.29) is 42.2 Å². The third-order valence-electron chi connectivity index (χ3n) is 8.76. The lowest BCUT2D eigenvalue weighted by Crippen LogP contribution is -2.24. The van der Waals surface area contributed by atoms with Crippen molar-refractivity contribution in [3.05, 3.63) is 99.8 Å². The number of nitrogens with zero attached hydrogens (tertiary/aromatic N) is 4. The largest absolute Gasteiger partial charge is 0.497 e. The van der Waals surface area contributed by atoms with E-state index in [9.17, 15) is 22.4 Å². The number of anilines is 1. The molecule has 1 aliphatic rings. The second-order valence-electron chi connectivity index (χ2n) is 12.3. The van der Waals surface area contributed by atoms with Crippen LogP contribution in [0.4, 0.5) is 27.8 Å². The summed E-state index contributed by atoms with van der Waals surface area (Å²) in [6, 6.07) is 16.5. The Bertz CT molecular complexity index is 2040. The van der Waals surface area contributed by atoms with Crippen LogP contribution in [0.1, 0.15) is 35.1 Å². The van der Waals surface area contributed by atoms with Crippen LogP contribution < -0.4 is 24.4 Å². The van der Waals surface area contributed by atoms with E-state index in [0.717, 1.165) is 30.2 Å². The number of esters is 1. The maximum atomic E-state index is 16.6. The molecule has 0 spiro atoms. The first-order valence-electron chi connectivity index (χ1n) is 16.2. The number of hydrogen-bond donors (Lipinski definition) is 1. The van der Waals surface area contributed by atoms with E-state index in [2.05, 4.69) is 20.3 Å². The highest BCUT2D eigenvalue weighted by atomic mass is 35.5. The van der Waals surface area contributed by atoms with Gasteiger partial charge >= 0.3 is 18.2 Å². The Morgan fingerprint density at radius 2 is 1.56 bits per heavy atom. The number of aryl methyl sites for hydroxylation is 1. The van der Waals surface area contributed by atoms with Crippen molar-refractivity contribution in [3.63, 3.8) is 0 Å². The van der Waals surface area contributed by atoms with E-state index in [4.69, 9.17) is 25.8 Å². The molecular formula is C37H33ClF5N5O4. The summed E-state index contributed by atoms with van der Waals surface area (Å²) in [6.45, 7) is 2.92. The van der Waals surface area contributed by atoms with E-state index in [1.165, 1.54) is 27.2 Å². The van der Waals surface area contributed by atoms with Gasteiger partial charge in [-0.25, -0.2) is 9.37 Å². The Kier molecular flexibility index (Phi) is 10.8. The molecule has 9 nitrogen and oxygen atoms in total. The van der Waals surface area contributed by atoms with E-state index in [1.807, 2.05) is 0 Å². The fourth-order valence-electron chi connectivity index (χ4n) is 6.19. The third-order valence-corrected chi connectivity index (χ3v) is 9.06. The SMILES string of the molecule is COc1ccc(CN(Cc2ccc(OC)cc2)c2cc(C)c(C(F)(F)F)c(-c3c(Cl)cc4c(OC(=O)C[C@@H]5CCNC5)nc(F)nc4c3F)n2)cc1. The van der Waals surface area contributed by atoms with Gasteiger partial charge in [-0.1, -0.05) is 35.9 Å². The van der Waals surface area contributed by atoms with Crippen molar-refractivity contribution < 1.29 is 41.0 Å². The van der Waals surface area contributed by atoms with Crippen LogP contribution in [0.25, 0.3) is 22.2 Å². The first kappa shape index (κ1) is 36.7. The Morgan fingerprint density at radius 1 is 0.942 bits per heavy atom. The first-order chi connectivity index (χ1) is 24.8. The van der Waals surface area contributed by atoms with Gasteiger partial charge in [0.25, 0.3) is 0 Å². The number of halogens is 6. The average molecular weight is 742 g/mol. The topological polar surface area (TPSA) is 98.7 Å². The molecular weight excluding hydrogens is 709 g/mol. The maximum absolute atomic E-state index is 16.6. The lowest BCUT2D eigenvalue weighted by atomic mass is 9.98. The molecule has 272 valence electrons. The molecule has 0 bridgehead atoms. The summed E-state index contributed by atoms with van der Waals surface area (Å²) in [7, 11) is 3.06. The summed E-state index contributed by atoms with van der Waals surface area (Å²) >= 11 is 6.57. The van der Waals surface area contributed by atoms with Crippen molar-refractivity contribution in [1.82, 2.24) is 20.3 Å². The van der Waals surface area contributed by atoms with Crippen LogP contribution in [0.15, 0.2) is 60.7 Å². The number of benzene rings is 3. The summed E-state index contributed by atoms with van der Waals surface area (Å²) in [5, 5.41) is 2.31. The molecule has 0 amide bonds. The molecule has 2 aromatic heterocycles. The predicted octanol–water partition coefficient (Wildman–Crippen LogP) is 8.08. The smallest absolute Gasteiger partial charge is 0.418 e. The molecule has 0 aliphatic carbocycles. The number of rotatable bonds is 11. The van der Waals surface area contributed by atoms with Crippen LogP contribution in [-0.4, -0.2) is 48.2 Å². The molecule has 3 heterocycles. The van der Waals surface area contributed by atoms with Crippen LogP contribution in [-0.2, 0) is 24.1 Å². The molecule has 1 N–H and O–H groups in total. The number of ether oxygens (including phenoxy) is 3. The van der Waals surface area contributed by atoms with Gasteiger partial charge in [0, 0.05) is 13.1 Å². The van der Waals surface area contributed by atoms with Crippen LogP contribution in [0, 0.1) is 24.7 Å². The number of pyridine rings is 1. The highest BCUT2D eigenvalue weighted by Crippen LogP contribution is 2.45. The highest BCUT2D eigenvalue weighted by Gasteiger charge is 2.39. The van der Waals surface area contributed by atoms with Crippen LogP contribution in [0.5, 0.6) is 17.4 Å². The van der Waals surface area contributed by atoms with Gasteiger partial charge in [0.05, 0.1) is 47.9 Å².